The van der Waals surface area contributed by atoms with Crippen LogP contribution in [0.2, 0.25) is 5.02 Å². The van der Waals surface area contributed by atoms with E-state index in [1.807, 2.05) is 13.8 Å². The monoisotopic (exact) mass is 553 g/mol. The normalized spacial score (nSPS) is 12.8. The predicted molar refractivity (Wildman–Crippen MR) is 146 cm³/mol. The van der Waals surface area contributed by atoms with Crippen LogP contribution in [0.4, 0.5) is 5.69 Å². The first kappa shape index (κ1) is 30.2. The van der Waals surface area contributed by atoms with E-state index in [9.17, 15) is 18.0 Å². The summed E-state index contributed by atoms with van der Waals surface area (Å²) in [7, 11) is -0.980. The molecule has 2 atom stereocenters. The largest absolute Gasteiger partial charge is 0.493 e. The Balaban J connectivity index is 2.50. The molecule has 0 aliphatic rings. The fourth-order valence-corrected chi connectivity index (χ4v) is 4.80. The highest BCUT2D eigenvalue weighted by atomic mass is 35.5. The molecule has 0 radical (unpaired) electrons. The van der Waals surface area contributed by atoms with Gasteiger partial charge in [-0.25, -0.2) is 8.42 Å². The van der Waals surface area contributed by atoms with Crippen molar-refractivity contribution in [3.63, 3.8) is 0 Å². The maximum atomic E-state index is 13.8. The number of carbonyl (C=O) groups excluding carboxylic acids is 2. The van der Waals surface area contributed by atoms with E-state index >= 15 is 0 Å². The van der Waals surface area contributed by atoms with Crippen LogP contribution in [0.25, 0.3) is 0 Å². The lowest BCUT2D eigenvalue weighted by Gasteiger charge is -2.33. The molecule has 0 aliphatic heterocycles. The summed E-state index contributed by atoms with van der Waals surface area (Å²) in [5.74, 6) is -0.131. The van der Waals surface area contributed by atoms with Gasteiger partial charge in [0, 0.05) is 23.7 Å². The van der Waals surface area contributed by atoms with Gasteiger partial charge in [0.2, 0.25) is 21.8 Å². The number of methoxy groups -OCH3 is 2. The van der Waals surface area contributed by atoms with Gasteiger partial charge in [-0.05, 0) is 43.5 Å². The predicted octanol–water partition coefficient (Wildman–Crippen LogP) is 3.85. The summed E-state index contributed by atoms with van der Waals surface area (Å²) in [6, 6.07) is 10.7. The van der Waals surface area contributed by atoms with Crippen molar-refractivity contribution < 1.29 is 27.5 Å². The van der Waals surface area contributed by atoms with Crippen LogP contribution in [-0.2, 0) is 26.2 Å². The van der Waals surface area contributed by atoms with Gasteiger partial charge in [-0.15, -0.1) is 0 Å². The van der Waals surface area contributed by atoms with E-state index in [0.29, 0.717) is 28.5 Å². The topological polar surface area (TPSA) is 105 Å². The molecule has 2 aromatic rings. The van der Waals surface area contributed by atoms with Gasteiger partial charge >= 0.3 is 0 Å². The number of ether oxygens (including phenoxy) is 2. The Morgan fingerprint density at radius 3 is 2.22 bits per heavy atom. The van der Waals surface area contributed by atoms with Crippen LogP contribution in [0.3, 0.4) is 0 Å². The first-order valence-corrected chi connectivity index (χ1v) is 14.2. The number of hydrogen-bond acceptors (Lipinski definition) is 6. The Bertz CT molecular complexity index is 1190. The van der Waals surface area contributed by atoms with Crippen LogP contribution in [0.1, 0.15) is 39.2 Å². The minimum atomic E-state index is -3.88. The van der Waals surface area contributed by atoms with Crippen molar-refractivity contribution in [2.75, 3.05) is 31.3 Å². The van der Waals surface area contributed by atoms with Crippen LogP contribution in [0.5, 0.6) is 11.5 Å². The van der Waals surface area contributed by atoms with Crippen molar-refractivity contribution in [1.29, 1.82) is 0 Å². The maximum absolute atomic E-state index is 13.8. The van der Waals surface area contributed by atoms with Gasteiger partial charge in [0.25, 0.3) is 0 Å². The zero-order valence-corrected chi connectivity index (χ0v) is 23.7. The first-order chi connectivity index (χ1) is 17.5. The second-order valence-electron chi connectivity index (χ2n) is 8.66. The molecule has 204 valence electrons. The second-order valence-corrected chi connectivity index (χ2v) is 11.0. The summed E-state index contributed by atoms with van der Waals surface area (Å²) in [5.41, 5.74) is 0.868. The van der Waals surface area contributed by atoms with Crippen molar-refractivity contribution >= 4 is 39.1 Å². The molecule has 2 amide bonds. The van der Waals surface area contributed by atoms with E-state index in [-0.39, 0.29) is 24.2 Å². The van der Waals surface area contributed by atoms with Crippen LogP contribution >= 0.6 is 11.6 Å². The molecule has 0 unspecified atom stereocenters. The zero-order valence-electron chi connectivity index (χ0n) is 22.2. The molecule has 2 rings (SSSR count). The van der Waals surface area contributed by atoms with Gasteiger partial charge in [0.15, 0.2) is 11.5 Å². The zero-order chi connectivity index (χ0) is 27.8. The van der Waals surface area contributed by atoms with Crippen LogP contribution < -0.4 is 19.1 Å². The number of nitrogens with one attached hydrogen (secondary N) is 1. The van der Waals surface area contributed by atoms with E-state index in [1.165, 1.54) is 31.3 Å². The third kappa shape index (κ3) is 8.00. The SMILES string of the molecule is CC[C@@H](C)NC(=O)[C@@H](CC)N(Cc1ccccc1Cl)C(=O)CN(c1ccc(OC)c(OC)c1)S(C)(=O)=O. The fourth-order valence-electron chi connectivity index (χ4n) is 3.76. The van der Waals surface area contributed by atoms with Gasteiger partial charge in [-0.1, -0.05) is 43.6 Å². The second kappa shape index (κ2) is 13.5. The molecule has 0 spiro atoms. The molecular formula is C26H36ClN3O6S. The average molecular weight is 554 g/mol. The van der Waals surface area contributed by atoms with Crippen LogP contribution in [-0.4, -0.2) is 64.2 Å². The Morgan fingerprint density at radius 1 is 1.03 bits per heavy atom. The molecule has 0 fully saturated rings. The molecule has 0 saturated heterocycles. The summed E-state index contributed by atoms with van der Waals surface area (Å²) >= 11 is 6.37. The molecule has 0 bridgehead atoms. The quantitative estimate of drug-likeness (QED) is 0.404. The van der Waals surface area contributed by atoms with E-state index < -0.39 is 28.5 Å². The van der Waals surface area contributed by atoms with Crippen LogP contribution in [0.15, 0.2) is 42.5 Å². The van der Waals surface area contributed by atoms with E-state index in [1.54, 1.807) is 37.3 Å². The lowest BCUT2D eigenvalue weighted by Crippen LogP contribution is -2.53. The Hall–Kier alpha value is -2.98. The molecule has 1 N–H and O–H groups in total. The minimum Gasteiger partial charge on any atom is -0.493 e. The molecule has 0 aromatic heterocycles. The van der Waals surface area contributed by atoms with Gasteiger partial charge in [0.05, 0.1) is 26.2 Å². The molecular weight excluding hydrogens is 518 g/mol. The molecule has 0 heterocycles. The van der Waals surface area contributed by atoms with Crippen molar-refractivity contribution in [1.82, 2.24) is 10.2 Å². The Morgan fingerprint density at radius 2 is 1.68 bits per heavy atom. The number of benzene rings is 2. The number of carbonyl (C=O) groups is 2. The summed E-state index contributed by atoms with van der Waals surface area (Å²) < 4.78 is 37.1. The summed E-state index contributed by atoms with van der Waals surface area (Å²) in [5, 5.41) is 3.37. The number of sulfonamides is 1. The van der Waals surface area contributed by atoms with Gasteiger partial charge in [-0.3, -0.25) is 13.9 Å². The lowest BCUT2D eigenvalue weighted by molar-refractivity contribution is -0.140. The van der Waals surface area contributed by atoms with Gasteiger partial charge < -0.3 is 19.7 Å². The van der Waals surface area contributed by atoms with E-state index in [2.05, 4.69) is 5.32 Å². The summed E-state index contributed by atoms with van der Waals surface area (Å²) in [4.78, 5) is 28.3. The smallest absolute Gasteiger partial charge is 0.244 e. The van der Waals surface area contributed by atoms with Crippen molar-refractivity contribution in [3.05, 3.63) is 53.1 Å². The van der Waals surface area contributed by atoms with Crippen LogP contribution in [0, 0.1) is 0 Å². The van der Waals surface area contributed by atoms with Crippen molar-refractivity contribution in [2.24, 2.45) is 0 Å². The third-order valence-electron chi connectivity index (χ3n) is 6.02. The molecule has 0 saturated carbocycles. The standard InChI is InChI=1S/C26H36ClN3O6S/c1-7-18(3)28-26(32)22(8-2)29(16-19-11-9-10-12-21(19)27)25(31)17-30(37(6,33)34)20-13-14-23(35-4)24(15-20)36-5/h9-15,18,22H,7-8,16-17H2,1-6H3,(H,28,32)/t18-,22-/m1/s1. The number of halogens is 1. The number of amides is 2. The highest BCUT2D eigenvalue weighted by Gasteiger charge is 2.32. The number of hydrogen-bond donors (Lipinski definition) is 1. The Kier molecular flexibility index (Phi) is 11.1. The number of anilines is 1. The summed E-state index contributed by atoms with van der Waals surface area (Å²) in [6.45, 7) is 5.15. The molecule has 37 heavy (non-hydrogen) atoms. The lowest BCUT2D eigenvalue weighted by atomic mass is 10.1. The van der Waals surface area contributed by atoms with Gasteiger partial charge in [0.1, 0.15) is 12.6 Å². The number of nitrogens with zero attached hydrogens (tertiary/aromatic N) is 2. The van der Waals surface area contributed by atoms with Crippen molar-refractivity contribution in [3.8, 4) is 11.5 Å². The molecule has 2 aromatic carbocycles. The van der Waals surface area contributed by atoms with E-state index in [0.717, 1.165) is 17.0 Å². The highest BCUT2D eigenvalue weighted by Crippen LogP contribution is 2.32. The van der Waals surface area contributed by atoms with Gasteiger partial charge in [-0.2, -0.15) is 0 Å². The maximum Gasteiger partial charge on any atom is 0.244 e. The first-order valence-electron chi connectivity index (χ1n) is 12.0. The average Bonchev–Trinajstić information content (AvgIpc) is 2.86. The third-order valence-corrected chi connectivity index (χ3v) is 7.53. The fraction of sp³-hybridized carbons (Fsp3) is 0.462. The number of rotatable bonds is 13. The minimum absolute atomic E-state index is 0.0362. The molecule has 0 aliphatic carbocycles. The van der Waals surface area contributed by atoms with E-state index in [4.69, 9.17) is 21.1 Å². The highest BCUT2D eigenvalue weighted by molar-refractivity contribution is 7.92. The molecule has 9 nitrogen and oxygen atoms in total. The van der Waals surface area contributed by atoms with Crippen molar-refractivity contribution in [2.45, 2.75) is 52.2 Å². The molecule has 11 heteroatoms. The Labute approximate surface area is 224 Å². The summed E-state index contributed by atoms with van der Waals surface area (Å²) in [6.07, 6.45) is 2.07.